The lowest BCUT2D eigenvalue weighted by Crippen LogP contribution is -2.47. The summed E-state index contributed by atoms with van der Waals surface area (Å²) in [6, 6.07) is 1.97. The van der Waals surface area contributed by atoms with Crippen LogP contribution < -0.4 is 9.80 Å². The molecule has 0 amide bonds. The number of anilines is 2. The van der Waals surface area contributed by atoms with E-state index in [0.717, 1.165) is 25.2 Å². The van der Waals surface area contributed by atoms with Gasteiger partial charge in [0.1, 0.15) is 17.8 Å². The Hall–Kier alpha value is -2.16. The summed E-state index contributed by atoms with van der Waals surface area (Å²) in [6.07, 6.45) is -0.778. The number of alkyl halides is 3. The quantitative estimate of drug-likeness (QED) is 0.747. The van der Waals surface area contributed by atoms with Crippen LogP contribution >= 0.6 is 11.6 Å². The van der Waals surface area contributed by atoms with Crippen LogP contribution in [-0.2, 0) is 6.18 Å². The first-order valence-electron chi connectivity index (χ1n) is 7.94. The van der Waals surface area contributed by atoms with Crippen LogP contribution in [0.2, 0.25) is 5.02 Å². The molecule has 0 aliphatic carbocycles. The Labute approximate surface area is 152 Å². The van der Waals surface area contributed by atoms with E-state index in [-0.39, 0.29) is 22.7 Å². The summed E-state index contributed by atoms with van der Waals surface area (Å²) in [4.78, 5) is 14.7. The van der Waals surface area contributed by atoms with Gasteiger partial charge in [0.15, 0.2) is 11.6 Å². The van der Waals surface area contributed by atoms with Gasteiger partial charge >= 0.3 is 6.18 Å². The lowest BCUT2D eigenvalue weighted by Gasteiger charge is -2.38. The smallest absolute Gasteiger partial charge is 0.355 e. The highest BCUT2D eigenvalue weighted by Crippen LogP contribution is 2.30. The van der Waals surface area contributed by atoms with E-state index >= 15 is 0 Å². The summed E-state index contributed by atoms with van der Waals surface area (Å²) in [5, 5.41) is 0.206. The van der Waals surface area contributed by atoms with Gasteiger partial charge in [-0.05, 0) is 18.9 Å². The molecule has 1 unspecified atom stereocenters. The van der Waals surface area contributed by atoms with Gasteiger partial charge in [0.05, 0.1) is 5.02 Å². The van der Waals surface area contributed by atoms with Gasteiger partial charge in [0.2, 0.25) is 0 Å². The van der Waals surface area contributed by atoms with Crippen molar-refractivity contribution in [1.29, 1.82) is 0 Å². The summed E-state index contributed by atoms with van der Waals surface area (Å²) in [6.45, 7) is 1.01. The third kappa shape index (κ3) is 3.98. The van der Waals surface area contributed by atoms with E-state index in [1.54, 1.807) is 16.8 Å². The van der Waals surface area contributed by atoms with Crippen molar-refractivity contribution in [3.8, 4) is 0 Å². The second kappa shape index (κ2) is 7.22. The monoisotopic (exact) mass is 389 g/mol. The molecule has 1 saturated heterocycles. The fourth-order valence-electron chi connectivity index (χ4n) is 2.99. The fourth-order valence-corrected chi connectivity index (χ4v) is 3.13. The van der Waals surface area contributed by atoms with Gasteiger partial charge < -0.3 is 9.80 Å². The highest BCUT2D eigenvalue weighted by atomic mass is 35.5. The number of nitrogens with zero attached hydrogens (tertiary/aromatic N) is 5. The maximum Gasteiger partial charge on any atom is 0.433 e. The second-order valence-corrected chi connectivity index (χ2v) is 6.51. The molecule has 0 radical (unpaired) electrons. The van der Waals surface area contributed by atoms with Crippen LogP contribution in [0.25, 0.3) is 0 Å². The molecule has 0 N–H and O–H groups in total. The van der Waals surface area contributed by atoms with Gasteiger partial charge in [-0.1, -0.05) is 11.6 Å². The van der Waals surface area contributed by atoms with E-state index in [1.165, 1.54) is 12.3 Å². The number of aromatic nitrogens is 3. The standard InChI is InChI=1S/C16H16ClF4N5/c1-25(14-6-13(16(19,20)21)23-9-24-14)11-3-2-4-26(8-11)15-12(18)5-10(17)7-22-15/h5-7,9,11H,2-4,8H2,1H3. The maximum atomic E-state index is 14.1. The molecule has 3 heterocycles. The predicted octanol–water partition coefficient (Wildman–Crippen LogP) is 3.79. The molecular weight excluding hydrogens is 374 g/mol. The molecule has 1 fully saturated rings. The van der Waals surface area contributed by atoms with Crippen molar-refractivity contribution in [3.63, 3.8) is 0 Å². The molecule has 1 atom stereocenters. The first kappa shape index (κ1) is 18.6. The minimum absolute atomic E-state index is 0.142. The van der Waals surface area contributed by atoms with Gasteiger partial charge in [-0.2, -0.15) is 13.2 Å². The average molecular weight is 390 g/mol. The van der Waals surface area contributed by atoms with E-state index in [2.05, 4.69) is 15.0 Å². The molecule has 2 aromatic rings. The van der Waals surface area contributed by atoms with Crippen molar-refractivity contribution in [3.05, 3.63) is 41.2 Å². The molecule has 1 aliphatic rings. The number of pyridine rings is 1. The molecule has 0 saturated carbocycles. The van der Waals surface area contributed by atoms with Crippen LogP contribution in [0.15, 0.2) is 24.7 Å². The lowest BCUT2D eigenvalue weighted by atomic mass is 10.0. The van der Waals surface area contributed by atoms with Crippen LogP contribution in [0.1, 0.15) is 18.5 Å². The molecule has 2 aromatic heterocycles. The summed E-state index contributed by atoms with van der Waals surface area (Å²) in [5.41, 5.74) is -0.993. The Morgan fingerprint density at radius 2 is 2.00 bits per heavy atom. The van der Waals surface area contributed by atoms with E-state index in [0.29, 0.717) is 13.1 Å². The minimum Gasteiger partial charge on any atom is -0.355 e. The molecule has 0 bridgehead atoms. The molecule has 3 rings (SSSR count). The van der Waals surface area contributed by atoms with Gasteiger partial charge in [0.25, 0.3) is 0 Å². The maximum absolute atomic E-state index is 14.1. The Balaban J connectivity index is 1.79. The Bertz CT molecular complexity index is 785. The highest BCUT2D eigenvalue weighted by molar-refractivity contribution is 6.30. The minimum atomic E-state index is -4.53. The number of likely N-dealkylation sites (N-methyl/N-ethyl adjacent to an activating group) is 1. The SMILES string of the molecule is CN(c1cc(C(F)(F)F)ncn1)C1CCCN(c2ncc(Cl)cc2F)C1. The zero-order valence-electron chi connectivity index (χ0n) is 13.8. The second-order valence-electron chi connectivity index (χ2n) is 6.07. The molecule has 26 heavy (non-hydrogen) atoms. The molecule has 5 nitrogen and oxygen atoms in total. The summed E-state index contributed by atoms with van der Waals surface area (Å²) < 4.78 is 52.7. The number of hydrogen-bond acceptors (Lipinski definition) is 5. The van der Waals surface area contributed by atoms with Crippen molar-refractivity contribution < 1.29 is 17.6 Å². The van der Waals surface area contributed by atoms with Crippen LogP contribution in [0, 0.1) is 5.82 Å². The molecular formula is C16H16ClF4N5. The van der Waals surface area contributed by atoms with Crippen LogP contribution in [0.3, 0.4) is 0 Å². The van der Waals surface area contributed by atoms with Gasteiger partial charge in [0, 0.05) is 38.4 Å². The Morgan fingerprint density at radius 3 is 2.69 bits per heavy atom. The first-order chi connectivity index (χ1) is 12.3. The van der Waals surface area contributed by atoms with Crippen molar-refractivity contribution in [2.24, 2.45) is 0 Å². The fraction of sp³-hybridized carbons (Fsp3) is 0.438. The lowest BCUT2D eigenvalue weighted by molar-refractivity contribution is -0.141. The van der Waals surface area contributed by atoms with E-state index in [9.17, 15) is 17.6 Å². The third-order valence-electron chi connectivity index (χ3n) is 4.34. The Morgan fingerprint density at radius 1 is 1.23 bits per heavy atom. The molecule has 0 spiro atoms. The van der Waals surface area contributed by atoms with Crippen LogP contribution in [0.4, 0.5) is 29.2 Å². The van der Waals surface area contributed by atoms with Gasteiger partial charge in [-0.15, -0.1) is 0 Å². The Kier molecular flexibility index (Phi) is 5.17. The summed E-state index contributed by atoms with van der Waals surface area (Å²) in [5.74, 6) is -0.169. The normalized spacial score (nSPS) is 18.1. The number of halogens is 5. The van der Waals surface area contributed by atoms with E-state index in [4.69, 9.17) is 11.6 Å². The molecule has 1 aliphatic heterocycles. The van der Waals surface area contributed by atoms with Crippen molar-refractivity contribution in [2.45, 2.75) is 25.1 Å². The zero-order valence-corrected chi connectivity index (χ0v) is 14.6. The van der Waals surface area contributed by atoms with Crippen molar-refractivity contribution >= 4 is 23.2 Å². The predicted molar refractivity (Wildman–Crippen MR) is 89.9 cm³/mol. The van der Waals surface area contributed by atoms with Crippen molar-refractivity contribution in [1.82, 2.24) is 15.0 Å². The van der Waals surface area contributed by atoms with E-state index < -0.39 is 17.7 Å². The van der Waals surface area contributed by atoms with Crippen molar-refractivity contribution in [2.75, 3.05) is 29.9 Å². The number of piperidine rings is 1. The number of hydrogen-bond donors (Lipinski definition) is 0. The summed E-state index contributed by atoms with van der Waals surface area (Å²) >= 11 is 5.73. The average Bonchev–Trinajstić information content (AvgIpc) is 2.60. The third-order valence-corrected chi connectivity index (χ3v) is 4.54. The summed E-state index contributed by atoms with van der Waals surface area (Å²) in [7, 11) is 1.67. The molecule has 10 heteroatoms. The first-order valence-corrected chi connectivity index (χ1v) is 8.31. The van der Waals surface area contributed by atoms with Gasteiger partial charge in [-0.25, -0.2) is 19.3 Å². The largest absolute Gasteiger partial charge is 0.433 e. The molecule has 0 aromatic carbocycles. The van der Waals surface area contributed by atoms with Gasteiger partial charge in [-0.3, -0.25) is 0 Å². The van der Waals surface area contributed by atoms with Crippen LogP contribution in [-0.4, -0.2) is 41.1 Å². The number of rotatable bonds is 3. The van der Waals surface area contributed by atoms with Crippen LogP contribution in [0.5, 0.6) is 0 Å². The van der Waals surface area contributed by atoms with E-state index in [1.807, 2.05) is 0 Å². The topological polar surface area (TPSA) is 45.2 Å². The zero-order chi connectivity index (χ0) is 18.9. The molecule has 140 valence electrons. The highest BCUT2D eigenvalue weighted by Gasteiger charge is 2.34.